The molecule has 0 spiro atoms. The highest BCUT2D eigenvalue weighted by Gasteiger charge is 2.25. The Labute approximate surface area is 110 Å². The molecule has 0 saturated heterocycles. The molecule has 0 aliphatic carbocycles. The van der Waals surface area contributed by atoms with Gasteiger partial charge in [-0.1, -0.05) is 0 Å². The van der Waals surface area contributed by atoms with E-state index in [0.29, 0.717) is 24.1 Å². The molecular formula is C12H15ClF2N2O. The summed E-state index contributed by atoms with van der Waals surface area (Å²) in [6.07, 6.45) is 0.403. The zero-order valence-corrected chi connectivity index (χ0v) is 10.8. The minimum absolute atomic E-state index is 0. The van der Waals surface area contributed by atoms with Gasteiger partial charge in [0, 0.05) is 19.2 Å². The smallest absolute Gasteiger partial charge is 0.239 e. The van der Waals surface area contributed by atoms with E-state index in [1.807, 2.05) is 0 Å². The number of rotatable bonds is 1. The summed E-state index contributed by atoms with van der Waals surface area (Å²) in [6, 6.07) is 1.57. The lowest BCUT2D eigenvalue weighted by atomic mass is 9.98. The highest BCUT2D eigenvalue weighted by molar-refractivity contribution is 5.85. The van der Waals surface area contributed by atoms with Gasteiger partial charge in [-0.15, -0.1) is 12.4 Å². The van der Waals surface area contributed by atoms with Crippen LogP contribution in [0.15, 0.2) is 12.1 Å². The first-order valence-corrected chi connectivity index (χ1v) is 5.50. The van der Waals surface area contributed by atoms with Crippen LogP contribution in [-0.2, 0) is 17.8 Å². The average molecular weight is 277 g/mol. The molecule has 0 unspecified atom stereocenters. The SMILES string of the molecule is C[C@@H](N)C(=O)N1CCc2c(F)cc(F)cc2C1.Cl. The standard InChI is InChI=1S/C12H14F2N2O.ClH/c1-7(15)12(17)16-3-2-10-8(6-16)4-9(13)5-11(10)14;/h4-5,7H,2-3,6,15H2,1H3;1H/t7-;/m1./s1. The van der Waals surface area contributed by atoms with Gasteiger partial charge in [-0.2, -0.15) is 0 Å². The maximum atomic E-state index is 13.5. The maximum absolute atomic E-state index is 13.5. The Morgan fingerprint density at radius 1 is 1.44 bits per heavy atom. The number of nitrogens with zero attached hydrogens (tertiary/aromatic N) is 1. The van der Waals surface area contributed by atoms with Crippen LogP contribution in [0.5, 0.6) is 0 Å². The molecule has 0 saturated carbocycles. The number of carbonyl (C=O) groups excluding carboxylic acids is 1. The largest absolute Gasteiger partial charge is 0.337 e. The van der Waals surface area contributed by atoms with Crippen molar-refractivity contribution in [3.05, 3.63) is 34.9 Å². The number of amides is 1. The van der Waals surface area contributed by atoms with Gasteiger partial charge in [0.2, 0.25) is 5.91 Å². The molecule has 1 aliphatic heterocycles. The van der Waals surface area contributed by atoms with E-state index in [-0.39, 0.29) is 24.9 Å². The second kappa shape index (κ2) is 5.63. The Bertz CT molecular complexity index is 466. The van der Waals surface area contributed by atoms with Gasteiger partial charge >= 0.3 is 0 Å². The summed E-state index contributed by atoms with van der Waals surface area (Å²) in [5.41, 5.74) is 6.54. The summed E-state index contributed by atoms with van der Waals surface area (Å²) in [6.45, 7) is 2.25. The summed E-state index contributed by atoms with van der Waals surface area (Å²) in [5, 5.41) is 0. The van der Waals surface area contributed by atoms with E-state index in [4.69, 9.17) is 5.73 Å². The molecule has 0 bridgehead atoms. The van der Waals surface area contributed by atoms with Gasteiger partial charge in [0.1, 0.15) is 11.6 Å². The third kappa shape index (κ3) is 2.79. The topological polar surface area (TPSA) is 46.3 Å². The predicted octanol–water partition coefficient (Wildman–Crippen LogP) is 1.62. The lowest BCUT2D eigenvalue weighted by molar-refractivity contribution is -0.133. The summed E-state index contributed by atoms with van der Waals surface area (Å²) in [7, 11) is 0. The van der Waals surface area contributed by atoms with E-state index in [9.17, 15) is 13.6 Å². The van der Waals surface area contributed by atoms with Crippen molar-refractivity contribution in [1.29, 1.82) is 0 Å². The zero-order chi connectivity index (χ0) is 12.6. The molecule has 1 aliphatic rings. The Hall–Kier alpha value is -1.20. The van der Waals surface area contributed by atoms with E-state index in [1.54, 1.807) is 6.92 Å². The van der Waals surface area contributed by atoms with E-state index in [2.05, 4.69) is 0 Å². The second-order valence-corrected chi connectivity index (χ2v) is 4.32. The number of nitrogens with two attached hydrogens (primary N) is 1. The number of halogens is 3. The highest BCUT2D eigenvalue weighted by Crippen LogP contribution is 2.23. The maximum Gasteiger partial charge on any atom is 0.239 e. The molecule has 0 radical (unpaired) electrons. The molecule has 3 nitrogen and oxygen atoms in total. The first-order valence-electron chi connectivity index (χ1n) is 5.50. The Balaban J connectivity index is 0.00000162. The van der Waals surface area contributed by atoms with E-state index in [0.717, 1.165) is 6.07 Å². The van der Waals surface area contributed by atoms with Gasteiger partial charge in [-0.05, 0) is 30.5 Å². The molecule has 1 aromatic carbocycles. The van der Waals surface area contributed by atoms with Crippen molar-refractivity contribution < 1.29 is 13.6 Å². The van der Waals surface area contributed by atoms with Crippen LogP contribution in [-0.4, -0.2) is 23.4 Å². The van der Waals surface area contributed by atoms with Crippen LogP contribution in [0.25, 0.3) is 0 Å². The van der Waals surface area contributed by atoms with Crippen molar-refractivity contribution in [3.8, 4) is 0 Å². The van der Waals surface area contributed by atoms with E-state index in [1.165, 1.54) is 11.0 Å². The number of hydrogen-bond acceptors (Lipinski definition) is 2. The Kier molecular flexibility index (Phi) is 4.65. The average Bonchev–Trinajstić information content (AvgIpc) is 2.26. The third-order valence-corrected chi connectivity index (χ3v) is 2.95. The van der Waals surface area contributed by atoms with Crippen LogP contribution < -0.4 is 5.73 Å². The van der Waals surface area contributed by atoms with Gasteiger partial charge < -0.3 is 10.6 Å². The van der Waals surface area contributed by atoms with Crippen molar-refractivity contribution in [2.24, 2.45) is 5.73 Å². The Morgan fingerprint density at radius 3 is 2.72 bits per heavy atom. The van der Waals surface area contributed by atoms with Crippen LogP contribution in [0.2, 0.25) is 0 Å². The third-order valence-electron chi connectivity index (χ3n) is 2.95. The van der Waals surface area contributed by atoms with Crippen molar-refractivity contribution in [2.75, 3.05) is 6.54 Å². The first kappa shape index (κ1) is 14.9. The molecule has 1 atom stereocenters. The molecule has 6 heteroatoms. The number of carbonyl (C=O) groups is 1. The van der Waals surface area contributed by atoms with Crippen LogP contribution in [0.3, 0.4) is 0 Å². The van der Waals surface area contributed by atoms with Crippen LogP contribution in [0.1, 0.15) is 18.1 Å². The number of benzene rings is 1. The summed E-state index contributed by atoms with van der Waals surface area (Å²) in [4.78, 5) is 13.2. The van der Waals surface area contributed by atoms with Crippen LogP contribution >= 0.6 is 12.4 Å². The highest BCUT2D eigenvalue weighted by atomic mass is 35.5. The monoisotopic (exact) mass is 276 g/mol. The van der Waals surface area contributed by atoms with Gasteiger partial charge in [-0.25, -0.2) is 8.78 Å². The number of hydrogen-bond donors (Lipinski definition) is 1. The van der Waals surface area contributed by atoms with Crippen LogP contribution in [0.4, 0.5) is 8.78 Å². The summed E-state index contributed by atoms with van der Waals surface area (Å²) < 4.78 is 26.5. The molecule has 1 heterocycles. The number of fused-ring (bicyclic) bond motifs is 1. The quantitative estimate of drug-likeness (QED) is 0.847. The van der Waals surface area contributed by atoms with E-state index < -0.39 is 17.7 Å². The molecular weight excluding hydrogens is 262 g/mol. The molecule has 100 valence electrons. The summed E-state index contributed by atoms with van der Waals surface area (Å²) in [5.74, 6) is -1.34. The fraction of sp³-hybridized carbons (Fsp3) is 0.417. The normalized spacial score (nSPS) is 15.7. The molecule has 2 rings (SSSR count). The van der Waals surface area contributed by atoms with Gasteiger partial charge in [0.05, 0.1) is 6.04 Å². The van der Waals surface area contributed by atoms with Crippen molar-refractivity contribution in [2.45, 2.75) is 25.9 Å². The molecule has 2 N–H and O–H groups in total. The summed E-state index contributed by atoms with van der Waals surface area (Å²) >= 11 is 0. The molecule has 1 aromatic rings. The van der Waals surface area contributed by atoms with Crippen LogP contribution in [0, 0.1) is 11.6 Å². The predicted molar refractivity (Wildman–Crippen MR) is 66.4 cm³/mol. The minimum Gasteiger partial charge on any atom is -0.337 e. The van der Waals surface area contributed by atoms with E-state index >= 15 is 0 Å². The molecule has 18 heavy (non-hydrogen) atoms. The van der Waals surface area contributed by atoms with Gasteiger partial charge in [-0.3, -0.25) is 4.79 Å². The van der Waals surface area contributed by atoms with Crippen molar-refractivity contribution >= 4 is 18.3 Å². The van der Waals surface area contributed by atoms with Gasteiger partial charge in [0.15, 0.2) is 0 Å². The van der Waals surface area contributed by atoms with Gasteiger partial charge in [0.25, 0.3) is 0 Å². The first-order chi connectivity index (χ1) is 7.99. The lowest BCUT2D eigenvalue weighted by Crippen LogP contribution is -2.44. The minimum atomic E-state index is -0.614. The second-order valence-electron chi connectivity index (χ2n) is 4.32. The molecule has 1 amide bonds. The lowest BCUT2D eigenvalue weighted by Gasteiger charge is -2.30. The zero-order valence-electron chi connectivity index (χ0n) is 9.95. The van der Waals surface area contributed by atoms with Crippen molar-refractivity contribution in [3.63, 3.8) is 0 Å². The fourth-order valence-electron chi connectivity index (χ4n) is 2.09. The molecule has 0 fully saturated rings. The molecule has 0 aromatic heterocycles. The Morgan fingerprint density at radius 2 is 2.11 bits per heavy atom. The fourth-order valence-corrected chi connectivity index (χ4v) is 2.09. The van der Waals surface area contributed by atoms with Crippen molar-refractivity contribution in [1.82, 2.24) is 4.90 Å².